The minimum atomic E-state index is -1.16. The van der Waals surface area contributed by atoms with Crippen LogP contribution in [-0.4, -0.2) is 18.3 Å². The topological polar surface area (TPSA) is 0 Å². The summed E-state index contributed by atoms with van der Waals surface area (Å²) in [6, 6.07) is 0. The Labute approximate surface area is 146 Å². The molecule has 3 unspecified atom stereocenters. The van der Waals surface area contributed by atoms with E-state index in [-0.39, 0.29) is 12.3 Å². The maximum atomic E-state index is 6.43. The van der Waals surface area contributed by atoms with Crippen molar-refractivity contribution in [2.24, 2.45) is 16.7 Å². The molecule has 0 saturated heterocycles. The van der Waals surface area contributed by atoms with Crippen molar-refractivity contribution in [3.63, 3.8) is 0 Å². The van der Waals surface area contributed by atoms with E-state index in [0.717, 1.165) is 0 Å². The summed E-state index contributed by atoms with van der Waals surface area (Å²) in [4.78, 5) is -1.65. The zero-order valence-corrected chi connectivity index (χ0v) is 15.2. The van der Waals surface area contributed by atoms with Gasteiger partial charge in [-0.1, -0.05) is 6.92 Å². The lowest BCUT2D eigenvalue weighted by molar-refractivity contribution is 0.130. The van der Waals surface area contributed by atoms with Crippen molar-refractivity contribution in [1.82, 2.24) is 0 Å². The maximum Gasteiger partial charge on any atom is 0.127 e. The third-order valence-corrected chi connectivity index (χ3v) is 8.08. The molecule has 2 aliphatic rings. The number of alkyl halides is 8. The lowest BCUT2D eigenvalue weighted by Crippen LogP contribution is -2.51. The first-order chi connectivity index (χ1) is 7.93. The van der Waals surface area contributed by atoms with Gasteiger partial charge in [-0.2, -0.15) is 0 Å². The van der Waals surface area contributed by atoms with Gasteiger partial charge in [-0.15, -0.1) is 92.8 Å². The first-order valence-corrected chi connectivity index (χ1v) is 8.51. The van der Waals surface area contributed by atoms with E-state index in [0.29, 0.717) is 6.42 Å². The van der Waals surface area contributed by atoms with E-state index < -0.39 is 29.2 Å². The molecule has 0 amide bonds. The van der Waals surface area contributed by atoms with E-state index in [1.807, 2.05) is 6.92 Å². The normalized spacial score (nSPS) is 45.2. The fraction of sp³-hybridized carbons (Fsp3) is 1.00. The molecule has 0 aliphatic heterocycles. The molecule has 0 aromatic heterocycles. The second kappa shape index (κ2) is 4.66. The number of hydrogen-bond acceptors (Lipinski definition) is 0. The Bertz CT molecular complexity index is 365. The van der Waals surface area contributed by atoms with Crippen LogP contribution in [0.15, 0.2) is 0 Å². The van der Waals surface area contributed by atoms with Gasteiger partial charge in [0.1, 0.15) is 18.3 Å². The van der Waals surface area contributed by atoms with E-state index in [2.05, 4.69) is 0 Å². The van der Waals surface area contributed by atoms with Gasteiger partial charge in [-0.25, -0.2) is 0 Å². The van der Waals surface area contributed by atoms with Gasteiger partial charge in [0.15, 0.2) is 0 Å². The van der Waals surface area contributed by atoms with E-state index >= 15 is 0 Å². The minimum absolute atomic E-state index is 0.255. The molecule has 0 spiro atoms. The van der Waals surface area contributed by atoms with E-state index in [4.69, 9.17) is 92.8 Å². The molecular formula is C10H10Cl8. The second-order valence-corrected chi connectivity index (χ2v) is 10.5. The predicted octanol–water partition coefficient (Wildman–Crippen LogP) is 6.36. The van der Waals surface area contributed by atoms with Gasteiger partial charge in [-0.05, 0) is 12.8 Å². The zero-order valence-electron chi connectivity index (χ0n) is 9.17. The molecule has 2 rings (SSSR count). The Morgan fingerprint density at radius 1 is 0.944 bits per heavy atom. The summed E-state index contributed by atoms with van der Waals surface area (Å²) in [5.41, 5.74) is -1.70. The third-order valence-electron chi connectivity index (χ3n) is 4.65. The smallest absolute Gasteiger partial charge is 0.105 e. The molecule has 106 valence electrons. The Hall–Kier alpha value is 2.32. The van der Waals surface area contributed by atoms with Crippen molar-refractivity contribution in [2.75, 3.05) is 0 Å². The third kappa shape index (κ3) is 1.80. The Kier molecular flexibility index (Phi) is 4.32. The van der Waals surface area contributed by atoms with Crippen LogP contribution in [0.5, 0.6) is 0 Å². The summed E-state index contributed by atoms with van der Waals surface area (Å²) >= 11 is 50.3. The molecule has 0 heterocycles. The van der Waals surface area contributed by atoms with Crippen LogP contribution in [0, 0.1) is 16.7 Å². The molecule has 2 bridgehead atoms. The van der Waals surface area contributed by atoms with Gasteiger partial charge in [0, 0.05) is 16.7 Å². The molecule has 8 heteroatoms. The zero-order chi connectivity index (χ0) is 14.1. The summed E-state index contributed by atoms with van der Waals surface area (Å²) in [6.45, 7) is 1.85. The Morgan fingerprint density at radius 2 is 1.44 bits per heavy atom. The fourth-order valence-corrected chi connectivity index (χ4v) is 7.59. The van der Waals surface area contributed by atoms with Gasteiger partial charge in [0.05, 0.1) is 0 Å². The Balaban J connectivity index is 2.67. The monoisotopic (exact) mass is 410 g/mol. The molecule has 0 aromatic carbocycles. The van der Waals surface area contributed by atoms with Crippen LogP contribution in [0.3, 0.4) is 0 Å². The van der Waals surface area contributed by atoms with Gasteiger partial charge < -0.3 is 0 Å². The van der Waals surface area contributed by atoms with Crippen LogP contribution >= 0.6 is 92.8 Å². The molecule has 0 N–H and O–H groups in total. The Morgan fingerprint density at radius 3 is 1.78 bits per heavy atom. The van der Waals surface area contributed by atoms with Gasteiger partial charge >= 0.3 is 0 Å². The van der Waals surface area contributed by atoms with Crippen LogP contribution in [0.4, 0.5) is 0 Å². The second-order valence-electron chi connectivity index (χ2n) is 5.25. The van der Waals surface area contributed by atoms with Crippen molar-refractivity contribution in [3.8, 4) is 0 Å². The van der Waals surface area contributed by atoms with E-state index in [1.165, 1.54) is 0 Å². The SMILES string of the molecule is CC1(C(Cl)Cl)C2CC(Cl)(Cl)C1(C(Cl)Cl)CC2(Cl)Cl. The average Bonchev–Trinajstić information content (AvgIpc) is 2.47. The van der Waals surface area contributed by atoms with Crippen molar-refractivity contribution in [2.45, 2.75) is 38.1 Å². The molecule has 2 saturated carbocycles. The van der Waals surface area contributed by atoms with Crippen LogP contribution < -0.4 is 0 Å². The van der Waals surface area contributed by atoms with Gasteiger partial charge in [-0.3, -0.25) is 0 Å². The minimum Gasteiger partial charge on any atom is -0.105 e. The summed E-state index contributed by atoms with van der Waals surface area (Å²) < 4.78 is -2.19. The van der Waals surface area contributed by atoms with Gasteiger partial charge in [0.25, 0.3) is 0 Å². The van der Waals surface area contributed by atoms with Gasteiger partial charge in [0.2, 0.25) is 0 Å². The standard InChI is InChI=1S/C10H10Cl8/c1-7(5(11)12)4-2-10(17,18)8(7,6(13)14)3-9(4,15)16/h4-6H,2-3H2,1H3. The maximum absolute atomic E-state index is 6.43. The van der Waals surface area contributed by atoms with Crippen molar-refractivity contribution >= 4 is 92.8 Å². The molecule has 0 radical (unpaired) electrons. The highest BCUT2D eigenvalue weighted by Crippen LogP contribution is 2.81. The highest BCUT2D eigenvalue weighted by molar-refractivity contribution is 6.55. The van der Waals surface area contributed by atoms with E-state index in [1.54, 1.807) is 0 Å². The van der Waals surface area contributed by atoms with Crippen LogP contribution in [0.1, 0.15) is 19.8 Å². The number of rotatable bonds is 2. The molecule has 18 heavy (non-hydrogen) atoms. The molecule has 0 aromatic rings. The first-order valence-electron chi connectivity index (χ1n) is 5.25. The van der Waals surface area contributed by atoms with Crippen molar-refractivity contribution in [3.05, 3.63) is 0 Å². The number of hydrogen-bond donors (Lipinski definition) is 0. The predicted molar refractivity (Wildman–Crippen MR) is 83.1 cm³/mol. The lowest BCUT2D eigenvalue weighted by Gasteiger charge is -2.47. The number of fused-ring (bicyclic) bond motifs is 2. The van der Waals surface area contributed by atoms with Crippen LogP contribution in [0.2, 0.25) is 0 Å². The molecule has 2 aliphatic carbocycles. The fourth-order valence-electron chi connectivity index (χ4n) is 3.58. The number of halogens is 8. The first kappa shape index (κ1) is 16.7. The molecule has 0 nitrogen and oxygen atoms in total. The quantitative estimate of drug-likeness (QED) is 0.462. The highest BCUT2D eigenvalue weighted by Gasteiger charge is 2.82. The van der Waals surface area contributed by atoms with Crippen molar-refractivity contribution in [1.29, 1.82) is 0 Å². The summed E-state index contributed by atoms with van der Waals surface area (Å²) in [6.07, 6.45) is 0.608. The molecular weight excluding hydrogens is 404 g/mol. The highest BCUT2D eigenvalue weighted by atomic mass is 35.5. The summed E-state index contributed by atoms with van der Waals surface area (Å²) in [7, 11) is 0. The van der Waals surface area contributed by atoms with Crippen molar-refractivity contribution < 1.29 is 0 Å². The van der Waals surface area contributed by atoms with Crippen LogP contribution in [-0.2, 0) is 0 Å². The molecule has 2 fully saturated rings. The van der Waals surface area contributed by atoms with Crippen LogP contribution in [0.25, 0.3) is 0 Å². The largest absolute Gasteiger partial charge is 0.127 e. The summed E-state index contributed by atoms with van der Waals surface area (Å²) in [5.74, 6) is -0.275. The summed E-state index contributed by atoms with van der Waals surface area (Å²) in [5, 5.41) is 0. The average molecular weight is 414 g/mol. The molecule has 3 atom stereocenters. The van der Waals surface area contributed by atoms with E-state index in [9.17, 15) is 0 Å². The lowest BCUT2D eigenvalue weighted by atomic mass is 9.70.